The highest BCUT2D eigenvalue weighted by molar-refractivity contribution is 5.91. The van der Waals surface area contributed by atoms with Crippen LogP contribution in [-0.2, 0) is 4.74 Å². The van der Waals surface area contributed by atoms with Crippen LogP contribution in [0.25, 0.3) is 11.1 Å². The van der Waals surface area contributed by atoms with Gasteiger partial charge in [0.2, 0.25) is 0 Å². The van der Waals surface area contributed by atoms with Gasteiger partial charge >= 0.3 is 0 Å². The van der Waals surface area contributed by atoms with E-state index < -0.39 is 0 Å². The Hall–Kier alpha value is -2.53. The number of ether oxygens (including phenoxy) is 3. The first kappa shape index (κ1) is 14.4. The summed E-state index contributed by atoms with van der Waals surface area (Å²) in [5.41, 5.74) is 4.36. The first-order chi connectivity index (χ1) is 10.8. The molecule has 0 amide bonds. The lowest BCUT2D eigenvalue weighted by Crippen LogP contribution is -2.07. The van der Waals surface area contributed by atoms with E-state index in [1.54, 1.807) is 14.2 Å². The number of aliphatic imine (C=N–C) groups is 1. The van der Waals surface area contributed by atoms with Crippen LogP contribution < -0.4 is 14.8 Å². The second kappa shape index (κ2) is 6.49. The van der Waals surface area contributed by atoms with Gasteiger partial charge in [-0.3, -0.25) is 4.99 Å². The molecule has 1 aliphatic rings. The largest absolute Gasteiger partial charge is 0.493 e. The lowest BCUT2D eigenvalue weighted by molar-refractivity contribution is 0.0492. The number of rotatable bonds is 5. The number of benzene rings is 2. The zero-order valence-electron chi connectivity index (χ0n) is 12.6. The SMILES string of the molecule is COCOc1ccc(-c2ccc3c(c2)NCN=C3)cc1OC. The van der Waals surface area contributed by atoms with Gasteiger partial charge in [-0.1, -0.05) is 18.2 Å². The highest BCUT2D eigenvalue weighted by Crippen LogP contribution is 2.34. The molecule has 0 fully saturated rings. The van der Waals surface area contributed by atoms with Gasteiger partial charge in [-0.25, -0.2) is 0 Å². The summed E-state index contributed by atoms with van der Waals surface area (Å²) in [5.74, 6) is 1.35. The Morgan fingerprint density at radius 1 is 1.05 bits per heavy atom. The molecule has 0 spiro atoms. The number of hydrogen-bond donors (Lipinski definition) is 1. The second-order valence-electron chi connectivity index (χ2n) is 4.87. The highest BCUT2D eigenvalue weighted by Gasteiger charge is 2.10. The van der Waals surface area contributed by atoms with Crippen molar-refractivity contribution in [3.05, 3.63) is 42.0 Å². The fraction of sp³-hybridized carbons (Fsp3) is 0.235. The summed E-state index contributed by atoms with van der Waals surface area (Å²) >= 11 is 0. The minimum absolute atomic E-state index is 0.192. The quantitative estimate of drug-likeness (QED) is 0.862. The summed E-state index contributed by atoms with van der Waals surface area (Å²) in [6.07, 6.45) is 1.89. The van der Waals surface area contributed by atoms with Crippen molar-refractivity contribution < 1.29 is 14.2 Å². The highest BCUT2D eigenvalue weighted by atomic mass is 16.7. The Morgan fingerprint density at radius 2 is 1.86 bits per heavy atom. The van der Waals surface area contributed by atoms with E-state index in [4.69, 9.17) is 14.2 Å². The van der Waals surface area contributed by atoms with Gasteiger partial charge in [-0.2, -0.15) is 0 Å². The van der Waals surface area contributed by atoms with Crippen LogP contribution in [0, 0.1) is 0 Å². The Balaban J connectivity index is 1.93. The Kier molecular flexibility index (Phi) is 4.25. The zero-order chi connectivity index (χ0) is 15.4. The van der Waals surface area contributed by atoms with Crippen LogP contribution >= 0.6 is 0 Å². The molecule has 0 bridgehead atoms. The molecular weight excluding hydrogens is 280 g/mol. The molecule has 0 aromatic heterocycles. The first-order valence-electron chi connectivity index (χ1n) is 6.99. The van der Waals surface area contributed by atoms with Crippen LogP contribution in [-0.4, -0.2) is 33.9 Å². The van der Waals surface area contributed by atoms with Crippen molar-refractivity contribution in [2.75, 3.05) is 33.0 Å². The number of fused-ring (bicyclic) bond motifs is 1. The smallest absolute Gasteiger partial charge is 0.188 e. The van der Waals surface area contributed by atoms with E-state index >= 15 is 0 Å². The van der Waals surface area contributed by atoms with Gasteiger partial charge < -0.3 is 19.5 Å². The van der Waals surface area contributed by atoms with Crippen LogP contribution in [0.5, 0.6) is 11.5 Å². The van der Waals surface area contributed by atoms with Crippen LogP contribution in [0.4, 0.5) is 5.69 Å². The second-order valence-corrected chi connectivity index (χ2v) is 4.87. The maximum Gasteiger partial charge on any atom is 0.188 e. The Labute approximate surface area is 129 Å². The van der Waals surface area contributed by atoms with Crippen LogP contribution in [0.2, 0.25) is 0 Å². The number of anilines is 1. The van der Waals surface area contributed by atoms with Crippen LogP contribution in [0.15, 0.2) is 41.4 Å². The third kappa shape index (κ3) is 2.89. The number of methoxy groups -OCH3 is 2. The third-order valence-corrected chi connectivity index (χ3v) is 3.47. The van der Waals surface area contributed by atoms with Crippen molar-refractivity contribution in [2.24, 2.45) is 4.99 Å². The molecule has 0 radical (unpaired) electrons. The van der Waals surface area contributed by atoms with Crippen molar-refractivity contribution in [2.45, 2.75) is 0 Å². The summed E-state index contributed by atoms with van der Waals surface area (Å²) < 4.78 is 15.8. The summed E-state index contributed by atoms with van der Waals surface area (Å²) in [4.78, 5) is 4.20. The molecule has 1 heterocycles. The predicted octanol–water partition coefficient (Wildman–Crippen LogP) is 3.15. The van der Waals surface area contributed by atoms with E-state index in [1.165, 1.54) is 0 Å². The molecule has 0 unspecified atom stereocenters. The van der Waals surface area contributed by atoms with Crippen molar-refractivity contribution in [1.82, 2.24) is 0 Å². The molecular formula is C17H18N2O3. The molecule has 0 aliphatic carbocycles. The normalized spacial score (nSPS) is 12.5. The summed E-state index contributed by atoms with van der Waals surface area (Å²) in [7, 11) is 3.22. The topological polar surface area (TPSA) is 52.1 Å². The molecule has 5 heteroatoms. The molecule has 3 rings (SSSR count). The van der Waals surface area contributed by atoms with Gasteiger partial charge in [0, 0.05) is 24.6 Å². The molecule has 22 heavy (non-hydrogen) atoms. The average Bonchev–Trinajstić information content (AvgIpc) is 2.59. The van der Waals surface area contributed by atoms with Gasteiger partial charge in [0.1, 0.15) is 6.67 Å². The minimum atomic E-state index is 0.192. The van der Waals surface area contributed by atoms with Gasteiger partial charge in [0.05, 0.1) is 7.11 Å². The van der Waals surface area contributed by atoms with Gasteiger partial charge in [0.25, 0.3) is 0 Å². The molecule has 1 N–H and O–H groups in total. The molecule has 0 saturated heterocycles. The predicted molar refractivity (Wildman–Crippen MR) is 87.0 cm³/mol. The number of nitrogens with one attached hydrogen (secondary N) is 1. The summed E-state index contributed by atoms with van der Waals surface area (Å²) in [6, 6.07) is 12.1. The van der Waals surface area contributed by atoms with E-state index in [-0.39, 0.29) is 6.79 Å². The fourth-order valence-corrected chi connectivity index (χ4v) is 2.37. The molecule has 1 aliphatic heterocycles. The molecule has 2 aromatic carbocycles. The average molecular weight is 298 g/mol. The summed E-state index contributed by atoms with van der Waals surface area (Å²) in [5, 5.41) is 3.27. The molecule has 5 nitrogen and oxygen atoms in total. The van der Waals surface area contributed by atoms with E-state index in [9.17, 15) is 0 Å². The summed E-state index contributed by atoms with van der Waals surface area (Å²) in [6.45, 7) is 0.807. The zero-order valence-corrected chi connectivity index (χ0v) is 12.6. The standard InChI is InChI=1S/C17H18N2O3/c1-20-11-22-16-6-5-13(8-17(16)21-2)12-3-4-14-9-18-10-19-15(14)7-12/h3-9,19H,10-11H2,1-2H3. The van der Waals surface area contributed by atoms with E-state index in [0.29, 0.717) is 18.2 Å². The van der Waals surface area contributed by atoms with Gasteiger partial charge in [-0.15, -0.1) is 0 Å². The fourth-order valence-electron chi connectivity index (χ4n) is 2.37. The lowest BCUT2D eigenvalue weighted by atomic mass is 10.0. The maximum atomic E-state index is 5.48. The molecule has 0 atom stereocenters. The number of hydrogen-bond acceptors (Lipinski definition) is 5. The maximum absolute atomic E-state index is 5.48. The molecule has 2 aromatic rings. The van der Waals surface area contributed by atoms with Gasteiger partial charge in [0.15, 0.2) is 18.3 Å². The third-order valence-electron chi connectivity index (χ3n) is 3.47. The van der Waals surface area contributed by atoms with E-state index in [2.05, 4.69) is 28.5 Å². The van der Waals surface area contributed by atoms with E-state index in [0.717, 1.165) is 22.4 Å². The number of nitrogens with zero attached hydrogens (tertiary/aromatic N) is 1. The van der Waals surface area contributed by atoms with Crippen molar-refractivity contribution >= 4 is 11.9 Å². The monoisotopic (exact) mass is 298 g/mol. The Morgan fingerprint density at radius 3 is 2.68 bits per heavy atom. The Bertz CT molecular complexity index is 698. The van der Waals surface area contributed by atoms with Crippen molar-refractivity contribution in [1.29, 1.82) is 0 Å². The van der Waals surface area contributed by atoms with Crippen LogP contribution in [0.3, 0.4) is 0 Å². The minimum Gasteiger partial charge on any atom is -0.493 e. The molecule has 114 valence electrons. The first-order valence-corrected chi connectivity index (χ1v) is 6.99. The van der Waals surface area contributed by atoms with E-state index in [1.807, 2.05) is 24.4 Å². The van der Waals surface area contributed by atoms with Crippen molar-refractivity contribution in [3.63, 3.8) is 0 Å². The molecule has 0 saturated carbocycles. The van der Waals surface area contributed by atoms with Crippen LogP contribution in [0.1, 0.15) is 5.56 Å². The van der Waals surface area contributed by atoms with Crippen molar-refractivity contribution in [3.8, 4) is 22.6 Å². The lowest BCUT2D eigenvalue weighted by Gasteiger charge is -2.15. The van der Waals surface area contributed by atoms with Gasteiger partial charge in [-0.05, 0) is 29.3 Å².